The van der Waals surface area contributed by atoms with E-state index in [1.54, 1.807) is 24.3 Å². The summed E-state index contributed by atoms with van der Waals surface area (Å²) in [6, 6.07) is 6.48. The minimum Gasteiger partial charge on any atom is -0.399 e. The molecule has 0 fully saturated rings. The van der Waals surface area contributed by atoms with Crippen LogP contribution in [0.25, 0.3) is 0 Å². The fourth-order valence-electron chi connectivity index (χ4n) is 0.680. The van der Waals surface area contributed by atoms with Crippen LogP contribution in [-0.4, -0.2) is 5.97 Å². The molecule has 4 nitrogen and oxygen atoms in total. The lowest BCUT2D eigenvalue weighted by Crippen LogP contribution is -2.08. The highest BCUT2D eigenvalue weighted by atomic mass is 17.2. The van der Waals surface area contributed by atoms with Gasteiger partial charge in [-0.25, -0.2) is 9.68 Å². The van der Waals surface area contributed by atoms with Crippen molar-refractivity contribution in [3.05, 3.63) is 36.4 Å². The van der Waals surface area contributed by atoms with Crippen LogP contribution in [0.2, 0.25) is 0 Å². The van der Waals surface area contributed by atoms with Crippen molar-refractivity contribution in [3.63, 3.8) is 0 Å². The number of carbonyl (C=O) groups excluding carboxylic acids is 1. The Balaban J connectivity index is 2.50. The van der Waals surface area contributed by atoms with E-state index in [9.17, 15) is 4.79 Å². The van der Waals surface area contributed by atoms with Crippen molar-refractivity contribution in [3.8, 4) is 5.75 Å². The summed E-state index contributed by atoms with van der Waals surface area (Å²) in [4.78, 5) is 20.1. The molecule has 0 aliphatic carbocycles. The predicted octanol–water partition coefficient (Wildman–Crippen LogP) is 1.68. The van der Waals surface area contributed by atoms with Gasteiger partial charge in [0.2, 0.25) is 0 Å². The summed E-state index contributed by atoms with van der Waals surface area (Å²) in [6.07, 6.45) is 0. The first-order valence-electron chi connectivity index (χ1n) is 3.99. The molecule has 1 rings (SSSR count). The number of hydrogen-bond donors (Lipinski definition) is 1. The molecule has 0 atom stereocenters. The normalized spacial score (nSPS) is 9.21. The van der Waals surface area contributed by atoms with Gasteiger partial charge >= 0.3 is 5.97 Å². The second-order valence-electron chi connectivity index (χ2n) is 2.80. The van der Waals surface area contributed by atoms with Crippen LogP contribution < -0.4 is 10.6 Å². The molecule has 0 aromatic heterocycles. The molecule has 0 amide bonds. The quantitative estimate of drug-likeness (QED) is 0.343. The minimum atomic E-state index is -0.596. The van der Waals surface area contributed by atoms with Crippen LogP contribution >= 0.6 is 0 Å². The summed E-state index contributed by atoms with van der Waals surface area (Å²) >= 11 is 0. The number of hydrogen-bond acceptors (Lipinski definition) is 4. The molecule has 4 heteroatoms. The summed E-state index contributed by atoms with van der Waals surface area (Å²) in [5, 5.41) is 0. The lowest BCUT2D eigenvalue weighted by molar-refractivity contribution is -0.208. The molecule has 0 unspecified atom stereocenters. The Hall–Kier alpha value is -1.97. The fraction of sp³-hybridized carbons (Fsp3) is 0.100. The van der Waals surface area contributed by atoms with Crippen LogP contribution in [-0.2, 0) is 9.68 Å². The van der Waals surface area contributed by atoms with E-state index in [0.29, 0.717) is 11.4 Å². The number of rotatable bonds is 3. The first kappa shape index (κ1) is 10.1. The molecule has 0 saturated carbocycles. The van der Waals surface area contributed by atoms with Crippen molar-refractivity contribution in [1.82, 2.24) is 0 Å². The van der Waals surface area contributed by atoms with Crippen molar-refractivity contribution in [2.24, 2.45) is 0 Å². The number of benzene rings is 1. The van der Waals surface area contributed by atoms with Gasteiger partial charge < -0.3 is 5.73 Å². The molecule has 0 spiro atoms. The first-order chi connectivity index (χ1) is 6.59. The van der Waals surface area contributed by atoms with Gasteiger partial charge in [0.25, 0.3) is 0 Å². The Bertz CT molecular complexity index is 343. The van der Waals surface area contributed by atoms with E-state index < -0.39 is 5.97 Å². The van der Waals surface area contributed by atoms with E-state index in [-0.39, 0.29) is 5.57 Å². The molecule has 0 bridgehead atoms. The van der Waals surface area contributed by atoms with Crippen molar-refractivity contribution >= 4 is 11.7 Å². The standard InChI is InChI=1S/C10H11NO3/c1-7(2)10(12)14-13-9-5-3-8(11)4-6-9/h3-6H,1,11H2,2H3. The molecule has 2 N–H and O–H groups in total. The Labute approximate surface area is 81.9 Å². The number of nitrogen functional groups attached to an aromatic ring is 1. The van der Waals surface area contributed by atoms with Gasteiger partial charge in [0.15, 0.2) is 5.75 Å². The smallest absolute Gasteiger partial charge is 0.381 e. The number of anilines is 1. The Morgan fingerprint density at radius 3 is 2.43 bits per heavy atom. The van der Waals surface area contributed by atoms with Crippen molar-refractivity contribution in [2.75, 3.05) is 5.73 Å². The molecule has 0 aliphatic heterocycles. The zero-order valence-electron chi connectivity index (χ0n) is 7.82. The summed E-state index contributed by atoms with van der Waals surface area (Å²) < 4.78 is 0. The van der Waals surface area contributed by atoms with E-state index >= 15 is 0 Å². The molecule has 0 aliphatic rings. The van der Waals surface area contributed by atoms with Gasteiger partial charge in [-0.2, -0.15) is 0 Å². The maximum absolute atomic E-state index is 10.9. The largest absolute Gasteiger partial charge is 0.399 e. The summed E-state index contributed by atoms with van der Waals surface area (Å²) in [5.74, 6) is -0.185. The third kappa shape index (κ3) is 2.82. The zero-order valence-corrected chi connectivity index (χ0v) is 7.82. The van der Waals surface area contributed by atoms with Crippen molar-refractivity contribution in [1.29, 1.82) is 0 Å². The van der Waals surface area contributed by atoms with Crippen LogP contribution in [0.1, 0.15) is 6.92 Å². The lowest BCUT2D eigenvalue weighted by atomic mass is 10.3. The molecule has 1 aromatic carbocycles. The van der Waals surface area contributed by atoms with Crippen molar-refractivity contribution in [2.45, 2.75) is 6.92 Å². The Morgan fingerprint density at radius 1 is 1.36 bits per heavy atom. The minimum absolute atomic E-state index is 0.278. The summed E-state index contributed by atoms with van der Waals surface area (Å²) in [5.41, 5.74) is 6.35. The fourth-order valence-corrected chi connectivity index (χ4v) is 0.680. The monoisotopic (exact) mass is 193 g/mol. The molecule has 0 saturated heterocycles. The van der Waals surface area contributed by atoms with Crippen LogP contribution in [0.5, 0.6) is 5.75 Å². The van der Waals surface area contributed by atoms with E-state index in [4.69, 9.17) is 10.6 Å². The van der Waals surface area contributed by atoms with E-state index in [1.165, 1.54) is 6.92 Å². The van der Waals surface area contributed by atoms with Gasteiger partial charge in [-0.05, 0) is 31.2 Å². The van der Waals surface area contributed by atoms with E-state index in [2.05, 4.69) is 11.5 Å². The average Bonchev–Trinajstić information content (AvgIpc) is 2.16. The third-order valence-electron chi connectivity index (χ3n) is 1.44. The van der Waals surface area contributed by atoms with Crippen LogP contribution in [0.4, 0.5) is 5.69 Å². The predicted molar refractivity (Wildman–Crippen MR) is 52.4 cm³/mol. The molecule has 0 radical (unpaired) electrons. The second kappa shape index (κ2) is 4.32. The highest BCUT2D eigenvalue weighted by Crippen LogP contribution is 2.13. The second-order valence-corrected chi connectivity index (χ2v) is 2.80. The van der Waals surface area contributed by atoms with Gasteiger partial charge in [0.05, 0.1) is 0 Å². The molecule has 0 heterocycles. The molecule has 74 valence electrons. The van der Waals surface area contributed by atoms with Gasteiger partial charge in [0, 0.05) is 11.3 Å². The summed E-state index contributed by atoms with van der Waals surface area (Å²) in [6.45, 7) is 4.94. The molecular weight excluding hydrogens is 182 g/mol. The summed E-state index contributed by atoms with van der Waals surface area (Å²) in [7, 11) is 0. The van der Waals surface area contributed by atoms with Gasteiger partial charge in [0.1, 0.15) is 0 Å². The Kier molecular flexibility index (Phi) is 3.12. The third-order valence-corrected chi connectivity index (χ3v) is 1.44. The number of nitrogens with two attached hydrogens (primary N) is 1. The van der Waals surface area contributed by atoms with Crippen LogP contribution in [0.3, 0.4) is 0 Å². The highest BCUT2D eigenvalue weighted by Gasteiger charge is 2.04. The first-order valence-corrected chi connectivity index (χ1v) is 3.99. The van der Waals surface area contributed by atoms with Gasteiger partial charge in [-0.1, -0.05) is 6.58 Å². The molecule has 1 aromatic rings. The van der Waals surface area contributed by atoms with Crippen LogP contribution in [0.15, 0.2) is 36.4 Å². The topological polar surface area (TPSA) is 61.5 Å². The van der Waals surface area contributed by atoms with E-state index in [1.807, 2.05) is 0 Å². The molecular formula is C10H11NO3. The maximum atomic E-state index is 10.9. The zero-order chi connectivity index (χ0) is 10.6. The molecule has 14 heavy (non-hydrogen) atoms. The van der Waals surface area contributed by atoms with Crippen LogP contribution in [0, 0.1) is 0 Å². The van der Waals surface area contributed by atoms with Gasteiger partial charge in [-0.3, -0.25) is 4.89 Å². The highest BCUT2D eigenvalue weighted by molar-refractivity contribution is 5.86. The Morgan fingerprint density at radius 2 is 1.93 bits per heavy atom. The SMILES string of the molecule is C=C(C)C(=O)OOc1ccc(N)cc1. The maximum Gasteiger partial charge on any atom is 0.381 e. The average molecular weight is 193 g/mol. The van der Waals surface area contributed by atoms with E-state index in [0.717, 1.165) is 0 Å². The van der Waals surface area contributed by atoms with Crippen molar-refractivity contribution < 1.29 is 14.6 Å². The lowest BCUT2D eigenvalue weighted by Gasteiger charge is -2.03. The van der Waals surface area contributed by atoms with Gasteiger partial charge in [-0.15, -0.1) is 0 Å². The number of carbonyl (C=O) groups is 1.